The summed E-state index contributed by atoms with van der Waals surface area (Å²) < 4.78 is 0.879. The van der Waals surface area contributed by atoms with Crippen molar-refractivity contribution < 1.29 is 0 Å². The third-order valence-corrected chi connectivity index (χ3v) is 3.13. The van der Waals surface area contributed by atoms with E-state index in [1.165, 1.54) is 5.56 Å². The van der Waals surface area contributed by atoms with E-state index in [1.807, 2.05) is 6.07 Å². The van der Waals surface area contributed by atoms with E-state index in [0.717, 1.165) is 29.0 Å². The van der Waals surface area contributed by atoms with Crippen molar-refractivity contribution in [2.75, 3.05) is 0 Å². The molecule has 84 valence electrons. The van der Waals surface area contributed by atoms with Crippen LogP contribution in [0.15, 0.2) is 34.9 Å². The van der Waals surface area contributed by atoms with E-state index in [2.05, 4.69) is 50.2 Å². The maximum atomic E-state index is 5.52. The van der Waals surface area contributed by atoms with Gasteiger partial charge in [0.1, 0.15) is 10.4 Å². The van der Waals surface area contributed by atoms with Crippen molar-refractivity contribution in [1.82, 2.24) is 9.97 Å². The van der Waals surface area contributed by atoms with Gasteiger partial charge in [0.2, 0.25) is 0 Å². The summed E-state index contributed by atoms with van der Waals surface area (Å²) in [5.41, 5.74) is 7.97. The number of aromatic amines is 1. The molecule has 0 aliphatic heterocycles. The van der Waals surface area contributed by atoms with Crippen molar-refractivity contribution in [3.63, 3.8) is 0 Å². The van der Waals surface area contributed by atoms with Gasteiger partial charge in [-0.3, -0.25) is 0 Å². The van der Waals surface area contributed by atoms with Crippen LogP contribution in [0.3, 0.4) is 0 Å². The summed E-state index contributed by atoms with van der Waals surface area (Å²) in [7, 11) is 0. The number of rotatable bonds is 4. The molecule has 0 saturated heterocycles. The Kier molecular flexibility index (Phi) is 3.74. The average Bonchev–Trinajstić information content (AvgIpc) is 2.69. The number of aryl methyl sites for hydroxylation is 2. The third kappa shape index (κ3) is 2.71. The minimum Gasteiger partial charge on any atom is -0.344 e. The van der Waals surface area contributed by atoms with E-state index in [9.17, 15) is 0 Å². The molecule has 0 atom stereocenters. The van der Waals surface area contributed by atoms with Crippen molar-refractivity contribution >= 4 is 15.9 Å². The number of imidazole rings is 1. The van der Waals surface area contributed by atoms with Gasteiger partial charge in [-0.15, -0.1) is 0 Å². The number of hydrogen-bond acceptors (Lipinski definition) is 2. The Bertz CT molecular complexity index is 451. The number of hydrogen-bond donors (Lipinski definition) is 2. The Hall–Kier alpha value is -1.13. The summed E-state index contributed by atoms with van der Waals surface area (Å²) in [6.45, 7) is 0.448. The van der Waals surface area contributed by atoms with E-state index >= 15 is 0 Å². The Morgan fingerprint density at radius 3 is 2.56 bits per heavy atom. The molecule has 0 aliphatic rings. The molecule has 3 nitrogen and oxygen atoms in total. The molecule has 0 amide bonds. The van der Waals surface area contributed by atoms with Crippen LogP contribution in [0.1, 0.15) is 17.1 Å². The first-order chi connectivity index (χ1) is 7.79. The predicted molar refractivity (Wildman–Crippen MR) is 68.0 cm³/mol. The molecule has 0 radical (unpaired) electrons. The van der Waals surface area contributed by atoms with Crippen LogP contribution >= 0.6 is 15.9 Å². The van der Waals surface area contributed by atoms with Gasteiger partial charge in [-0.05, 0) is 34.3 Å². The maximum absolute atomic E-state index is 5.52. The lowest BCUT2D eigenvalue weighted by Gasteiger charge is -1.99. The zero-order valence-electron chi connectivity index (χ0n) is 8.91. The van der Waals surface area contributed by atoms with Gasteiger partial charge in [-0.2, -0.15) is 0 Å². The zero-order chi connectivity index (χ0) is 11.4. The van der Waals surface area contributed by atoms with Gasteiger partial charge < -0.3 is 10.7 Å². The summed E-state index contributed by atoms with van der Waals surface area (Å²) in [6, 6.07) is 10.4. The second-order valence-corrected chi connectivity index (χ2v) is 4.39. The van der Waals surface area contributed by atoms with Crippen LogP contribution in [0, 0.1) is 0 Å². The van der Waals surface area contributed by atoms with Crippen molar-refractivity contribution in [3.8, 4) is 0 Å². The smallest absolute Gasteiger partial charge is 0.127 e. The molecule has 4 heteroatoms. The van der Waals surface area contributed by atoms with Gasteiger partial charge in [0, 0.05) is 5.69 Å². The normalized spacial score (nSPS) is 10.6. The molecule has 1 aromatic heterocycles. The van der Waals surface area contributed by atoms with Crippen LogP contribution in [0.2, 0.25) is 0 Å². The fourth-order valence-corrected chi connectivity index (χ4v) is 2.13. The standard InChI is InChI=1S/C12H14BrN3/c13-12-10(15-11(8-14)16-12)7-6-9-4-2-1-3-5-9/h1-5H,6-8,14H2,(H,15,16). The van der Waals surface area contributed by atoms with Crippen LogP contribution in [-0.2, 0) is 19.4 Å². The summed E-state index contributed by atoms with van der Waals surface area (Å²) in [5, 5.41) is 0. The number of nitrogens with two attached hydrogens (primary N) is 1. The topological polar surface area (TPSA) is 54.7 Å². The molecule has 16 heavy (non-hydrogen) atoms. The molecule has 2 aromatic rings. The maximum Gasteiger partial charge on any atom is 0.127 e. The molecule has 0 aliphatic carbocycles. The highest BCUT2D eigenvalue weighted by atomic mass is 79.9. The molecule has 1 aromatic carbocycles. The molecule has 0 saturated carbocycles. The minimum absolute atomic E-state index is 0.448. The summed E-state index contributed by atoms with van der Waals surface area (Å²) in [5.74, 6) is 0.829. The molecular weight excluding hydrogens is 266 g/mol. The molecule has 3 N–H and O–H groups in total. The van der Waals surface area contributed by atoms with Crippen LogP contribution in [0.4, 0.5) is 0 Å². The lowest BCUT2D eigenvalue weighted by atomic mass is 10.1. The third-order valence-electron chi connectivity index (χ3n) is 2.48. The molecular formula is C12H14BrN3. The first-order valence-electron chi connectivity index (χ1n) is 5.27. The van der Waals surface area contributed by atoms with E-state index in [-0.39, 0.29) is 0 Å². The minimum atomic E-state index is 0.448. The highest BCUT2D eigenvalue weighted by Gasteiger charge is 2.06. The van der Waals surface area contributed by atoms with E-state index in [1.54, 1.807) is 0 Å². The highest BCUT2D eigenvalue weighted by Crippen LogP contribution is 2.15. The molecule has 0 bridgehead atoms. The molecule has 1 heterocycles. The van der Waals surface area contributed by atoms with Crippen molar-refractivity contribution in [2.24, 2.45) is 5.73 Å². The van der Waals surface area contributed by atoms with Crippen LogP contribution in [0.5, 0.6) is 0 Å². The Balaban J connectivity index is 2.02. The van der Waals surface area contributed by atoms with Crippen LogP contribution in [-0.4, -0.2) is 9.97 Å². The van der Waals surface area contributed by atoms with E-state index in [0.29, 0.717) is 6.54 Å². The van der Waals surface area contributed by atoms with Crippen LogP contribution < -0.4 is 5.73 Å². The second kappa shape index (κ2) is 5.27. The fourth-order valence-electron chi connectivity index (χ4n) is 1.62. The average molecular weight is 280 g/mol. The van der Waals surface area contributed by atoms with Gasteiger partial charge in [-0.1, -0.05) is 30.3 Å². The van der Waals surface area contributed by atoms with Gasteiger partial charge in [-0.25, -0.2) is 4.98 Å². The van der Waals surface area contributed by atoms with Gasteiger partial charge in [0.05, 0.1) is 6.54 Å². The number of aromatic nitrogens is 2. The van der Waals surface area contributed by atoms with E-state index < -0.39 is 0 Å². The van der Waals surface area contributed by atoms with E-state index in [4.69, 9.17) is 5.73 Å². The highest BCUT2D eigenvalue weighted by molar-refractivity contribution is 9.10. The van der Waals surface area contributed by atoms with Gasteiger partial charge in [0.15, 0.2) is 0 Å². The Morgan fingerprint density at radius 2 is 1.94 bits per heavy atom. The van der Waals surface area contributed by atoms with Gasteiger partial charge in [0.25, 0.3) is 0 Å². The first-order valence-corrected chi connectivity index (χ1v) is 6.06. The number of H-pyrrole nitrogens is 1. The van der Waals surface area contributed by atoms with Gasteiger partial charge >= 0.3 is 0 Å². The van der Waals surface area contributed by atoms with Crippen molar-refractivity contribution in [3.05, 3.63) is 52.0 Å². The second-order valence-electron chi connectivity index (χ2n) is 3.64. The summed E-state index contributed by atoms with van der Waals surface area (Å²) >= 11 is 3.43. The number of nitrogens with zero attached hydrogens (tertiary/aromatic N) is 1. The van der Waals surface area contributed by atoms with Crippen molar-refractivity contribution in [2.45, 2.75) is 19.4 Å². The Morgan fingerprint density at radius 1 is 1.19 bits per heavy atom. The summed E-state index contributed by atoms with van der Waals surface area (Å²) in [6.07, 6.45) is 1.95. The molecule has 2 rings (SSSR count). The Labute approximate surface area is 103 Å². The van der Waals surface area contributed by atoms with Crippen molar-refractivity contribution in [1.29, 1.82) is 0 Å². The molecule has 0 fully saturated rings. The predicted octanol–water partition coefficient (Wildman–Crippen LogP) is 2.42. The zero-order valence-corrected chi connectivity index (χ0v) is 10.5. The number of benzene rings is 1. The fraction of sp³-hybridized carbons (Fsp3) is 0.250. The lowest BCUT2D eigenvalue weighted by Crippen LogP contribution is -1.98. The monoisotopic (exact) mass is 279 g/mol. The summed E-state index contributed by atoms with van der Waals surface area (Å²) in [4.78, 5) is 7.50. The van der Waals surface area contributed by atoms with Crippen LogP contribution in [0.25, 0.3) is 0 Å². The largest absolute Gasteiger partial charge is 0.344 e. The SMILES string of the molecule is NCc1nc(Br)c(CCc2ccccc2)[nH]1. The quantitative estimate of drug-likeness (QED) is 0.903. The lowest BCUT2D eigenvalue weighted by molar-refractivity contribution is 0.893. The first kappa shape index (κ1) is 11.4. The number of halogens is 1. The molecule has 0 unspecified atom stereocenters. The number of nitrogens with one attached hydrogen (secondary N) is 1. The molecule has 0 spiro atoms.